The summed E-state index contributed by atoms with van der Waals surface area (Å²) in [5.74, 6) is 0.790. The Morgan fingerprint density at radius 1 is 1.18 bits per heavy atom. The zero-order chi connectivity index (χ0) is 15.9. The molecule has 116 valence electrons. The Balaban J connectivity index is 1.79. The number of carbonyl (C=O) groups excluding carboxylic acids is 1. The highest BCUT2D eigenvalue weighted by Crippen LogP contribution is 2.23. The van der Waals surface area contributed by atoms with Gasteiger partial charge in [0.15, 0.2) is 0 Å². The number of amides is 1. The second-order valence-electron chi connectivity index (χ2n) is 4.94. The van der Waals surface area contributed by atoms with Gasteiger partial charge in [0, 0.05) is 23.1 Å². The molecule has 0 spiro atoms. The Morgan fingerprint density at radius 3 is 2.55 bits per heavy atom. The van der Waals surface area contributed by atoms with Crippen LogP contribution in [-0.2, 0) is 4.79 Å². The van der Waals surface area contributed by atoms with Gasteiger partial charge in [0.05, 0.1) is 12.8 Å². The molecule has 22 heavy (non-hydrogen) atoms. The zero-order valence-corrected chi connectivity index (χ0v) is 14.2. The Hall–Kier alpha value is -2.01. The van der Waals surface area contributed by atoms with Crippen molar-refractivity contribution in [3.05, 3.63) is 52.5 Å². The van der Waals surface area contributed by atoms with Crippen LogP contribution in [0.4, 0.5) is 11.4 Å². The van der Waals surface area contributed by atoms with Crippen molar-refractivity contribution >= 4 is 33.2 Å². The number of nitrogens with one attached hydrogen (secondary N) is 2. The molecular weight excluding hydrogens is 344 g/mol. The summed E-state index contributed by atoms with van der Waals surface area (Å²) in [6.07, 6.45) is 0.395. The van der Waals surface area contributed by atoms with Gasteiger partial charge in [0.1, 0.15) is 5.75 Å². The molecule has 0 aliphatic rings. The predicted molar refractivity (Wildman–Crippen MR) is 93.6 cm³/mol. The van der Waals surface area contributed by atoms with Crippen LogP contribution in [0.5, 0.6) is 5.75 Å². The highest BCUT2D eigenvalue weighted by Gasteiger charge is 2.05. The number of halogens is 1. The van der Waals surface area contributed by atoms with Gasteiger partial charge in [-0.2, -0.15) is 0 Å². The van der Waals surface area contributed by atoms with Gasteiger partial charge >= 0.3 is 0 Å². The van der Waals surface area contributed by atoms with Gasteiger partial charge in [-0.1, -0.05) is 6.07 Å². The van der Waals surface area contributed by atoms with Gasteiger partial charge in [-0.3, -0.25) is 4.79 Å². The van der Waals surface area contributed by atoms with Crippen molar-refractivity contribution in [1.29, 1.82) is 0 Å². The third-order valence-corrected chi connectivity index (χ3v) is 3.83. The van der Waals surface area contributed by atoms with Gasteiger partial charge in [-0.15, -0.1) is 0 Å². The Kier molecular flexibility index (Phi) is 5.83. The summed E-state index contributed by atoms with van der Waals surface area (Å²) in [7, 11) is 1.63. The standard InChI is InChI=1S/C17H19BrN2O2/c1-12-3-8-16(15(18)11-12)20-17(21)9-10-19-13-4-6-14(22-2)7-5-13/h3-8,11,19H,9-10H2,1-2H3,(H,20,21). The second kappa shape index (κ2) is 7.84. The fraction of sp³-hybridized carbons (Fsp3) is 0.235. The van der Waals surface area contributed by atoms with E-state index in [4.69, 9.17) is 4.74 Å². The Labute approximate surface area is 139 Å². The van der Waals surface area contributed by atoms with Crippen LogP contribution in [0, 0.1) is 6.92 Å². The van der Waals surface area contributed by atoms with Crippen LogP contribution in [-0.4, -0.2) is 19.6 Å². The van der Waals surface area contributed by atoms with E-state index in [1.807, 2.05) is 49.4 Å². The van der Waals surface area contributed by atoms with Gasteiger partial charge < -0.3 is 15.4 Å². The van der Waals surface area contributed by atoms with E-state index in [9.17, 15) is 4.79 Å². The van der Waals surface area contributed by atoms with Crippen molar-refractivity contribution in [3.63, 3.8) is 0 Å². The van der Waals surface area contributed by atoms with Crippen molar-refractivity contribution in [2.45, 2.75) is 13.3 Å². The fourth-order valence-corrected chi connectivity index (χ4v) is 2.56. The van der Waals surface area contributed by atoms with Crippen molar-refractivity contribution in [3.8, 4) is 5.75 Å². The van der Waals surface area contributed by atoms with E-state index < -0.39 is 0 Å². The molecule has 0 bridgehead atoms. The predicted octanol–water partition coefficient (Wildman–Crippen LogP) is 4.21. The minimum atomic E-state index is -0.0226. The molecule has 4 nitrogen and oxygen atoms in total. The first-order valence-electron chi connectivity index (χ1n) is 7.02. The maximum Gasteiger partial charge on any atom is 0.226 e. The van der Waals surface area contributed by atoms with E-state index in [0.29, 0.717) is 13.0 Å². The molecule has 0 aliphatic carbocycles. The number of aryl methyl sites for hydroxylation is 1. The van der Waals surface area contributed by atoms with E-state index in [-0.39, 0.29) is 5.91 Å². The monoisotopic (exact) mass is 362 g/mol. The molecular formula is C17H19BrN2O2. The lowest BCUT2D eigenvalue weighted by Gasteiger charge is -2.09. The smallest absolute Gasteiger partial charge is 0.226 e. The highest BCUT2D eigenvalue weighted by atomic mass is 79.9. The van der Waals surface area contributed by atoms with Crippen LogP contribution < -0.4 is 15.4 Å². The van der Waals surface area contributed by atoms with E-state index in [1.165, 1.54) is 0 Å². The molecule has 2 N–H and O–H groups in total. The molecule has 0 aliphatic heterocycles. The minimum absolute atomic E-state index is 0.0226. The summed E-state index contributed by atoms with van der Waals surface area (Å²) in [5, 5.41) is 6.10. The topological polar surface area (TPSA) is 50.4 Å². The molecule has 0 heterocycles. The highest BCUT2D eigenvalue weighted by molar-refractivity contribution is 9.10. The normalized spacial score (nSPS) is 10.1. The molecule has 5 heteroatoms. The average Bonchev–Trinajstić information content (AvgIpc) is 2.51. The summed E-state index contributed by atoms with van der Waals surface area (Å²) in [5.41, 5.74) is 2.90. The Morgan fingerprint density at radius 2 is 1.91 bits per heavy atom. The number of benzene rings is 2. The van der Waals surface area contributed by atoms with Gasteiger partial charge in [0.2, 0.25) is 5.91 Å². The van der Waals surface area contributed by atoms with Gasteiger partial charge in [-0.25, -0.2) is 0 Å². The van der Waals surface area contributed by atoms with Crippen molar-refractivity contribution < 1.29 is 9.53 Å². The van der Waals surface area contributed by atoms with Crippen LogP contribution in [0.25, 0.3) is 0 Å². The van der Waals surface area contributed by atoms with Crippen molar-refractivity contribution in [2.24, 2.45) is 0 Å². The second-order valence-corrected chi connectivity index (χ2v) is 5.79. The van der Waals surface area contributed by atoms with Crippen molar-refractivity contribution in [2.75, 3.05) is 24.3 Å². The van der Waals surface area contributed by atoms with E-state index in [2.05, 4.69) is 26.6 Å². The number of hydrogen-bond acceptors (Lipinski definition) is 3. The van der Waals surface area contributed by atoms with Gasteiger partial charge in [-0.05, 0) is 64.8 Å². The number of anilines is 2. The first kappa shape index (κ1) is 16.4. The van der Waals surface area contributed by atoms with Gasteiger partial charge in [0.25, 0.3) is 0 Å². The molecule has 0 saturated heterocycles. The SMILES string of the molecule is COc1ccc(NCCC(=O)Nc2ccc(C)cc2Br)cc1. The summed E-state index contributed by atoms with van der Waals surface area (Å²) in [6.45, 7) is 2.58. The quantitative estimate of drug-likeness (QED) is 0.809. The third kappa shape index (κ3) is 4.77. The molecule has 0 radical (unpaired) electrons. The van der Waals surface area contributed by atoms with Crippen LogP contribution in [0.2, 0.25) is 0 Å². The van der Waals surface area contributed by atoms with E-state index >= 15 is 0 Å². The summed E-state index contributed by atoms with van der Waals surface area (Å²) in [4.78, 5) is 11.9. The van der Waals surface area contributed by atoms with Crippen LogP contribution in [0.1, 0.15) is 12.0 Å². The maximum absolute atomic E-state index is 11.9. The number of rotatable bonds is 6. The number of ether oxygens (including phenoxy) is 1. The first-order valence-corrected chi connectivity index (χ1v) is 7.81. The summed E-state index contributed by atoms with van der Waals surface area (Å²) < 4.78 is 5.99. The summed E-state index contributed by atoms with van der Waals surface area (Å²) in [6, 6.07) is 13.5. The molecule has 0 saturated carbocycles. The average molecular weight is 363 g/mol. The first-order chi connectivity index (χ1) is 10.6. The number of methoxy groups -OCH3 is 1. The lowest BCUT2D eigenvalue weighted by atomic mass is 10.2. The zero-order valence-electron chi connectivity index (χ0n) is 12.7. The molecule has 0 atom stereocenters. The lowest BCUT2D eigenvalue weighted by molar-refractivity contribution is -0.115. The molecule has 2 aromatic carbocycles. The van der Waals surface area contributed by atoms with Crippen molar-refractivity contribution in [1.82, 2.24) is 0 Å². The third-order valence-electron chi connectivity index (χ3n) is 3.17. The fourth-order valence-electron chi connectivity index (χ4n) is 1.96. The van der Waals surface area contributed by atoms with E-state index in [0.717, 1.165) is 27.2 Å². The molecule has 2 rings (SSSR count). The molecule has 2 aromatic rings. The van der Waals surface area contributed by atoms with Crippen LogP contribution in [0.3, 0.4) is 0 Å². The lowest BCUT2D eigenvalue weighted by Crippen LogP contribution is -2.16. The molecule has 0 unspecified atom stereocenters. The van der Waals surface area contributed by atoms with Crippen LogP contribution >= 0.6 is 15.9 Å². The minimum Gasteiger partial charge on any atom is -0.497 e. The largest absolute Gasteiger partial charge is 0.497 e. The molecule has 0 aromatic heterocycles. The summed E-state index contributed by atoms with van der Waals surface area (Å²) >= 11 is 3.45. The molecule has 1 amide bonds. The van der Waals surface area contributed by atoms with Crippen LogP contribution in [0.15, 0.2) is 46.9 Å². The Bertz CT molecular complexity index is 642. The number of hydrogen-bond donors (Lipinski definition) is 2. The van der Waals surface area contributed by atoms with E-state index in [1.54, 1.807) is 7.11 Å². The maximum atomic E-state index is 11.9. The number of carbonyl (C=O) groups is 1. The molecule has 0 fully saturated rings.